The van der Waals surface area contributed by atoms with E-state index in [4.69, 9.17) is 4.74 Å². The van der Waals surface area contributed by atoms with Gasteiger partial charge < -0.3 is 10.1 Å². The van der Waals surface area contributed by atoms with E-state index in [2.05, 4.69) is 27.1 Å². The maximum atomic E-state index is 14.5. The Hall–Kier alpha value is -4.33. The molecule has 2 aromatic heterocycles. The van der Waals surface area contributed by atoms with Crippen molar-refractivity contribution in [3.8, 4) is 11.8 Å². The van der Waals surface area contributed by atoms with Crippen LogP contribution in [0.2, 0.25) is 0 Å². The summed E-state index contributed by atoms with van der Waals surface area (Å²) in [6, 6.07) is 10.9. The van der Waals surface area contributed by atoms with Crippen LogP contribution in [0.5, 0.6) is 0 Å². The molecule has 10 heteroatoms. The van der Waals surface area contributed by atoms with Crippen LogP contribution < -0.4 is 5.32 Å². The molecule has 1 fully saturated rings. The van der Waals surface area contributed by atoms with Crippen molar-refractivity contribution in [2.45, 2.75) is 12.7 Å². The number of nitrogens with zero attached hydrogens (tertiary/aromatic N) is 3. The summed E-state index contributed by atoms with van der Waals surface area (Å²) in [5, 5.41) is 3.25. The number of pyridine rings is 2. The SMILES string of the molecule is O=C(Nc1ccc(CN2CCOCC2)c(C(F)(F)F)c1)c1ccc(F)c(C#Cc2cncc3cccnc23)c1. The third kappa shape index (κ3) is 6.22. The molecule has 198 valence electrons. The maximum absolute atomic E-state index is 14.5. The summed E-state index contributed by atoms with van der Waals surface area (Å²) in [4.78, 5) is 23.2. The van der Waals surface area contributed by atoms with Gasteiger partial charge in [-0.15, -0.1) is 0 Å². The van der Waals surface area contributed by atoms with Gasteiger partial charge >= 0.3 is 6.18 Å². The number of aromatic nitrogens is 2. The molecule has 1 amide bonds. The third-order valence-electron chi connectivity index (χ3n) is 6.24. The molecule has 0 bridgehead atoms. The molecule has 0 unspecified atom stereocenters. The molecule has 0 atom stereocenters. The van der Waals surface area contributed by atoms with Gasteiger partial charge in [-0.05, 0) is 48.0 Å². The average Bonchev–Trinajstić information content (AvgIpc) is 2.93. The fourth-order valence-corrected chi connectivity index (χ4v) is 4.25. The van der Waals surface area contributed by atoms with Crippen LogP contribution in [0, 0.1) is 17.7 Å². The summed E-state index contributed by atoms with van der Waals surface area (Å²) in [7, 11) is 0. The van der Waals surface area contributed by atoms with Crippen LogP contribution in [0.3, 0.4) is 0 Å². The highest BCUT2D eigenvalue weighted by atomic mass is 19.4. The molecule has 0 aliphatic carbocycles. The number of rotatable bonds is 4. The van der Waals surface area contributed by atoms with E-state index in [1.54, 1.807) is 18.5 Å². The molecule has 0 spiro atoms. The lowest BCUT2D eigenvalue weighted by molar-refractivity contribution is -0.138. The summed E-state index contributed by atoms with van der Waals surface area (Å²) in [5.74, 6) is 4.21. The number of morpholine rings is 1. The number of carbonyl (C=O) groups is 1. The molecule has 0 radical (unpaired) electrons. The van der Waals surface area contributed by atoms with Crippen molar-refractivity contribution in [2.24, 2.45) is 0 Å². The predicted octanol–water partition coefficient (Wildman–Crippen LogP) is 5.27. The first-order valence-corrected chi connectivity index (χ1v) is 12.1. The van der Waals surface area contributed by atoms with Gasteiger partial charge in [0.05, 0.1) is 35.4 Å². The first-order valence-electron chi connectivity index (χ1n) is 12.1. The topological polar surface area (TPSA) is 67.4 Å². The standard InChI is InChI=1S/C29H22F4N4O2/c30-26-8-6-20(14-19(26)3-4-22-17-34-16-21-2-1-9-35-27(21)22)28(38)36-24-7-5-23(25(15-24)29(31,32)33)18-37-10-12-39-13-11-37/h1-2,5-9,14-17H,10-13,18H2,(H,36,38). The van der Waals surface area contributed by atoms with Gasteiger partial charge in [0.2, 0.25) is 0 Å². The number of hydrogen-bond acceptors (Lipinski definition) is 5. The number of amides is 1. The number of fused-ring (bicyclic) bond motifs is 1. The second-order valence-electron chi connectivity index (χ2n) is 8.92. The summed E-state index contributed by atoms with van der Waals surface area (Å²) in [5.41, 5.74) is 0.344. The molecule has 2 aromatic carbocycles. The highest BCUT2D eigenvalue weighted by molar-refractivity contribution is 6.04. The molecule has 1 N–H and O–H groups in total. The average molecular weight is 535 g/mol. The van der Waals surface area contributed by atoms with Gasteiger partial charge in [-0.2, -0.15) is 13.2 Å². The van der Waals surface area contributed by atoms with E-state index in [1.165, 1.54) is 30.5 Å². The van der Waals surface area contributed by atoms with Crippen molar-refractivity contribution in [3.05, 3.63) is 101 Å². The lowest BCUT2D eigenvalue weighted by atomic mass is 10.0. The number of alkyl halides is 3. The predicted molar refractivity (Wildman–Crippen MR) is 137 cm³/mol. The van der Waals surface area contributed by atoms with Crippen LogP contribution in [0.4, 0.5) is 23.2 Å². The van der Waals surface area contributed by atoms with E-state index in [-0.39, 0.29) is 28.9 Å². The molecule has 6 nitrogen and oxygen atoms in total. The molecule has 5 rings (SSSR count). The van der Waals surface area contributed by atoms with Crippen LogP contribution in [-0.2, 0) is 17.5 Å². The second-order valence-corrected chi connectivity index (χ2v) is 8.92. The maximum Gasteiger partial charge on any atom is 0.416 e. The zero-order valence-electron chi connectivity index (χ0n) is 20.6. The lowest BCUT2D eigenvalue weighted by Crippen LogP contribution is -2.36. The number of ether oxygens (including phenoxy) is 1. The van der Waals surface area contributed by atoms with E-state index < -0.39 is 23.5 Å². The van der Waals surface area contributed by atoms with Gasteiger partial charge in [0.1, 0.15) is 5.82 Å². The summed E-state index contributed by atoms with van der Waals surface area (Å²) >= 11 is 0. The van der Waals surface area contributed by atoms with E-state index in [1.807, 2.05) is 11.0 Å². The van der Waals surface area contributed by atoms with Crippen LogP contribution in [0.25, 0.3) is 10.9 Å². The largest absolute Gasteiger partial charge is 0.416 e. The number of carbonyl (C=O) groups excluding carboxylic acids is 1. The van der Waals surface area contributed by atoms with E-state index in [0.717, 1.165) is 17.5 Å². The Morgan fingerprint density at radius 3 is 2.62 bits per heavy atom. The molecule has 39 heavy (non-hydrogen) atoms. The van der Waals surface area contributed by atoms with Crippen LogP contribution in [0.15, 0.2) is 67.1 Å². The first kappa shape index (κ1) is 26.3. The molecule has 0 saturated carbocycles. The monoisotopic (exact) mass is 534 g/mol. The normalized spacial score (nSPS) is 14.1. The highest BCUT2D eigenvalue weighted by Crippen LogP contribution is 2.34. The quantitative estimate of drug-likeness (QED) is 0.285. The van der Waals surface area contributed by atoms with Gasteiger partial charge in [0.25, 0.3) is 5.91 Å². The summed E-state index contributed by atoms with van der Waals surface area (Å²) in [6.45, 7) is 2.14. The summed E-state index contributed by atoms with van der Waals surface area (Å²) in [6.07, 6.45) is 0.154. The number of benzene rings is 2. The molecular weight excluding hydrogens is 512 g/mol. The van der Waals surface area contributed by atoms with Crippen molar-refractivity contribution in [3.63, 3.8) is 0 Å². The number of hydrogen-bond donors (Lipinski definition) is 1. The Kier molecular flexibility index (Phi) is 7.54. The minimum Gasteiger partial charge on any atom is -0.379 e. The van der Waals surface area contributed by atoms with Crippen molar-refractivity contribution in [1.29, 1.82) is 0 Å². The zero-order chi connectivity index (χ0) is 27.4. The second kappa shape index (κ2) is 11.2. The Morgan fingerprint density at radius 2 is 1.82 bits per heavy atom. The Labute approximate surface area is 221 Å². The highest BCUT2D eigenvalue weighted by Gasteiger charge is 2.34. The zero-order valence-corrected chi connectivity index (χ0v) is 20.6. The van der Waals surface area contributed by atoms with Crippen LogP contribution in [0.1, 0.15) is 32.6 Å². The minimum absolute atomic E-state index is 0.0251. The van der Waals surface area contributed by atoms with Crippen LogP contribution >= 0.6 is 0 Å². The van der Waals surface area contributed by atoms with Crippen LogP contribution in [-0.4, -0.2) is 47.1 Å². The smallest absolute Gasteiger partial charge is 0.379 e. The minimum atomic E-state index is -4.60. The Bertz CT molecular complexity index is 1580. The van der Waals surface area contributed by atoms with Gasteiger partial charge in [0, 0.05) is 54.9 Å². The van der Waals surface area contributed by atoms with Gasteiger partial charge in [0.15, 0.2) is 0 Å². The molecular formula is C29H22F4N4O2. The fourth-order valence-electron chi connectivity index (χ4n) is 4.25. The van der Waals surface area contributed by atoms with Crippen molar-refractivity contribution < 1.29 is 27.1 Å². The van der Waals surface area contributed by atoms with Crippen molar-refractivity contribution in [1.82, 2.24) is 14.9 Å². The lowest BCUT2D eigenvalue weighted by Gasteiger charge is -2.27. The first-order chi connectivity index (χ1) is 18.8. The van der Waals surface area contributed by atoms with Crippen molar-refractivity contribution >= 4 is 22.5 Å². The van der Waals surface area contributed by atoms with Gasteiger partial charge in [-0.25, -0.2) is 4.39 Å². The van der Waals surface area contributed by atoms with Gasteiger partial charge in [-0.1, -0.05) is 17.9 Å². The third-order valence-corrected chi connectivity index (χ3v) is 6.24. The summed E-state index contributed by atoms with van der Waals surface area (Å²) < 4.78 is 61.3. The molecule has 1 aliphatic heterocycles. The molecule has 1 saturated heterocycles. The van der Waals surface area contributed by atoms with E-state index in [0.29, 0.717) is 37.4 Å². The fraction of sp³-hybridized carbons (Fsp3) is 0.207. The van der Waals surface area contributed by atoms with Gasteiger partial charge in [-0.3, -0.25) is 19.7 Å². The molecule has 1 aliphatic rings. The van der Waals surface area contributed by atoms with Crippen molar-refractivity contribution in [2.75, 3.05) is 31.6 Å². The number of halogens is 4. The molecule has 3 heterocycles. The van der Waals surface area contributed by atoms with E-state index in [9.17, 15) is 22.4 Å². The molecule has 4 aromatic rings. The van der Waals surface area contributed by atoms with E-state index >= 15 is 0 Å². The number of nitrogens with one attached hydrogen (secondary N) is 1. The number of anilines is 1. The Balaban J connectivity index is 1.37. The Morgan fingerprint density at radius 1 is 1.03 bits per heavy atom.